The number of aromatic nitrogens is 1. The van der Waals surface area contributed by atoms with E-state index in [1.54, 1.807) is 11.6 Å². The van der Waals surface area contributed by atoms with E-state index in [2.05, 4.69) is 10.3 Å². The molecule has 1 aromatic heterocycles. The van der Waals surface area contributed by atoms with Crippen LogP contribution in [0.5, 0.6) is 0 Å². The molecule has 0 aliphatic carbocycles. The smallest absolute Gasteiger partial charge is 0.295 e. The van der Waals surface area contributed by atoms with E-state index in [1.165, 1.54) is 29.5 Å². The van der Waals surface area contributed by atoms with Crippen LogP contribution in [0, 0.1) is 15.9 Å². The van der Waals surface area contributed by atoms with Crippen LogP contribution in [0.25, 0.3) is 0 Å². The molecule has 1 heterocycles. The Labute approximate surface area is 100 Å². The van der Waals surface area contributed by atoms with Crippen molar-refractivity contribution in [3.05, 3.63) is 50.7 Å². The van der Waals surface area contributed by atoms with Crippen molar-refractivity contribution >= 4 is 22.7 Å². The molecule has 7 heteroatoms. The quantitative estimate of drug-likeness (QED) is 0.672. The molecule has 17 heavy (non-hydrogen) atoms. The molecule has 0 fully saturated rings. The summed E-state index contributed by atoms with van der Waals surface area (Å²) in [6.45, 7) is 0.263. The van der Waals surface area contributed by atoms with Crippen molar-refractivity contribution in [2.75, 3.05) is 5.32 Å². The first kappa shape index (κ1) is 11.5. The number of para-hydroxylation sites is 1. The van der Waals surface area contributed by atoms with Gasteiger partial charge in [-0.15, -0.1) is 11.3 Å². The number of benzene rings is 1. The van der Waals surface area contributed by atoms with Crippen LogP contribution < -0.4 is 5.32 Å². The van der Waals surface area contributed by atoms with Gasteiger partial charge in [-0.25, -0.2) is 9.37 Å². The van der Waals surface area contributed by atoms with Gasteiger partial charge < -0.3 is 5.32 Å². The standard InChI is InChI=1S/C10H8FN3O2S/c11-7-2-1-3-8(14(15)16)10(7)13-6-9-12-4-5-17-9/h1-5,13H,6H2. The molecule has 1 N–H and O–H groups in total. The summed E-state index contributed by atoms with van der Waals surface area (Å²) >= 11 is 1.40. The molecule has 5 nitrogen and oxygen atoms in total. The van der Waals surface area contributed by atoms with E-state index in [0.717, 1.165) is 5.01 Å². The molecule has 0 aliphatic rings. The average Bonchev–Trinajstić information content (AvgIpc) is 2.80. The summed E-state index contributed by atoms with van der Waals surface area (Å²) in [4.78, 5) is 14.1. The highest BCUT2D eigenvalue weighted by Gasteiger charge is 2.17. The van der Waals surface area contributed by atoms with E-state index in [4.69, 9.17) is 0 Å². The van der Waals surface area contributed by atoms with Gasteiger partial charge in [-0.1, -0.05) is 6.07 Å². The number of halogens is 1. The third kappa shape index (κ3) is 2.56. The maximum Gasteiger partial charge on any atom is 0.295 e. The van der Waals surface area contributed by atoms with Gasteiger partial charge in [0, 0.05) is 17.6 Å². The monoisotopic (exact) mass is 253 g/mol. The second kappa shape index (κ2) is 4.88. The lowest BCUT2D eigenvalue weighted by atomic mass is 10.2. The van der Waals surface area contributed by atoms with Crippen LogP contribution in [0.4, 0.5) is 15.8 Å². The maximum atomic E-state index is 13.5. The van der Waals surface area contributed by atoms with E-state index >= 15 is 0 Å². The molecule has 0 saturated carbocycles. The number of nitro groups is 1. The first-order valence-corrected chi connectivity index (χ1v) is 5.61. The van der Waals surface area contributed by atoms with E-state index in [1.807, 2.05) is 0 Å². The van der Waals surface area contributed by atoms with Crippen LogP contribution in [-0.2, 0) is 6.54 Å². The Hall–Kier alpha value is -2.02. The minimum atomic E-state index is -0.643. The largest absolute Gasteiger partial charge is 0.371 e. The van der Waals surface area contributed by atoms with Crippen molar-refractivity contribution in [1.82, 2.24) is 4.98 Å². The molecule has 2 rings (SSSR count). The van der Waals surface area contributed by atoms with Gasteiger partial charge in [-0.05, 0) is 6.07 Å². The molecule has 0 atom stereocenters. The highest BCUT2D eigenvalue weighted by atomic mass is 32.1. The van der Waals surface area contributed by atoms with Gasteiger partial charge in [0.2, 0.25) is 0 Å². The van der Waals surface area contributed by atoms with Crippen LogP contribution in [-0.4, -0.2) is 9.91 Å². The Morgan fingerprint density at radius 1 is 1.53 bits per heavy atom. The minimum absolute atomic E-state index is 0.104. The molecule has 0 amide bonds. The Morgan fingerprint density at radius 2 is 2.35 bits per heavy atom. The molecule has 0 saturated heterocycles. The third-order valence-corrected chi connectivity index (χ3v) is 2.87. The molecule has 0 aliphatic heterocycles. The summed E-state index contributed by atoms with van der Waals surface area (Å²) in [5.41, 5.74) is -0.380. The zero-order valence-electron chi connectivity index (χ0n) is 8.59. The number of thiazole rings is 1. The van der Waals surface area contributed by atoms with Crippen molar-refractivity contribution in [2.45, 2.75) is 6.54 Å². The topological polar surface area (TPSA) is 68.1 Å². The lowest BCUT2D eigenvalue weighted by Gasteiger charge is -2.06. The number of hydrogen-bond acceptors (Lipinski definition) is 5. The molecule has 2 aromatic rings. The van der Waals surface area contributed by atoms with Gasteiger partial charge in [0.15, 0.2) is 5.82 Å². The van der Waals surface area contributed by atoms with Gasteiger partial charge in [0.1, 0.15) is 10.7 Å². The second-order valence-corrected chi connectivity index (χ2v) is 4.15. The van der Waals surface area contributed by atoms with Crippen LogP contribution in [0.3, 0.4) is 0 Å². The molecular weight excluding hydrogens is 245 g/mol. The van der Waals surface area contributed by atoms with Crippen LogP contribution in [0.1, 0.15) is 5.01 Å². The number of nitrogens with one attached hydrogen (secondary N) is 1. The molecule has 0 spiro atoms. The third-order valence-electron chi connectivity index (χ3n) is 2.09. The Kier molecular flexibility index (Phi) is 3.29. The fraction of sp³-hybridized carbons (Fsp3) is 0.100. The first-order valence-electron chi connectivity index (χ1n) is 4.73. The summed E-state index contributed by atoms with van der Waals surface area (Å²) in [6, 6.07) is 3.74. The van der Waals surface area contributed by atoms with Crippen molar-refractivity contribution in [1.29, 1.82) is 0 Å². The molecular formula is C10H8FN3O2S. The summed E-state index contributed by atoms with van der Waals surface area (Å²) in [5, 5.41) is 15.9. The summed E-state index contributed by atoms with van der Waals surface area (Å²) in [7, 11) is 0. The predicted octanol–water partition coefficient (Wildman–Crippen LogP) is 2.80. The summed E-state index contributed by atoms with van der Waals surface area (Å²) in [6.07, 6.45) is 1.62. The Balaban J connectivity index is 2.22. The molecule has 0 unspecified atom stereocenters. The van der Waals surface area contributed by atoms with Crippen molar-refractivity contribution in [3.8, 4) is 0 Å². The number of hydrogen-bond donors (Lipinski definition) is 1. The zero-order chi connectivity index (χ0) is 12.3. The zero-order valence-corrected chi connectivity index (χ0v) is 9.41. The minimum Gasteiger partial charge on any atom is -0.371 e. The fourth-order valence-electron chi connectivity index (χ4n) is 1.34. The van der Waals surface area contributed by atoms with Crippen molar-refractivity contribution < 1.29 is 9.31 Å². The number of rotatable bonds is 4. The SMILES string of the molecule is O=[N+]([O-])c1cccc(F)c1NCc1nccs1. The highest BCUT2D eigenvalue weighted by molar-refractivity contribution is 7.09. The molecule has 88 valence electrons. The van der Waals surface area contributed by atoms with Gasteiger partial charge in [-0.2, -0.15) is 0 Å². The van der Waals surface area contributed by atoms with E-state index in [0.29, 0.717) is 0 Å². The van der Waals surface area contributed by atoms with Crippen LogP contribution in [0.2, 0.25) is 0 Å². The second-order valence-electron chi connectivity index (χ2n) is 3.17. The van der Waals surface area contributed by atoms with E-state index in [9.17, 15) is 14.5 Å². The average molecular weight is 253 g/mol. The molecule has 0 bridgehead atoms. The lowest BCUT2D eigenvalue weighted by Crippen LogP contribution is -2.04. The van der Waals surface area contributed by atoms with Crippen LogP contribution >= 0.6 is 11.3 Å². The van der Waals surface area contributed by atoms with E-state index < -0.39 is 10.7 Å². The normalized spacial score (nSPS) is 10.2. The Bertz CT molecular complexity index is 530. The first-order chi connectivity index (χ1) is 8.18. The van der Waals surface area contributed by atoms with Gasteiger partial charge >= 0.3 is 0 Å². The maximum absolute atomic E-state index is 13.5. The number of nitro benzene ring substituents is 1. The molecule has 0 radical (unpaired) electrons. The summed E-state index contributed by atoms with van der Waals surface area (Å²) < 4.78 is 13.5. The van der Waals surface area contributed by atoms with Gasteiger partial charge in [-0.3, -0.25) is 10.1 Å². The molecule has 1 aromatic carbocycles. The number of nitrogens with zero attached hydrogens (tertiary/aromatic N) is 2. The predicted molar refractivity (Wildman–Crippen MR) is 62.5 cm³/mol. The van der Waals surface area contributed by atoms with E-state index in [-0.39, 0.29) is 17.9 Å². The number of anilines is 1. The van der Waals surface area contributed by atoms with Gasteiger partial charge in [0.25, 0.3) is 5.69 Å². The van der Waals surface area contributed by atoms with Crippen molar-refractivity contribution in [2.24, 2.45) is 0 Å². The van der Waals surface area contributed by atoms with Gasteiger partial charge in [0.05, 0.1) is 11.5 Å². The summed E-state index contributed by atoms with van der Waals surface area (Å²) in [5.74, 6) is -0.643. The fourth-order valence-corrected chi connectivity index (χ4v) is 1.90. The lowest BCUT2D eigenvalue weighted by molar-refractivity contribution is -0.384. The van der Waals surface area contributed by atoms with Crippen LogP contribution in [0.15, 0.2) is 29.8 Å². The van der Waals surface area contributed by atoms with Crippen molar-refractivity contribution in [3.63, 3.8) is 0 Å². The highest BCUT2D eigenvalue weighted by Crippen LogP contribution is 2.27. The Morgan fingerprint density at radius 3 is 3.00 bits per heavy atom.